The summed E-state index contributed by atoms with van der Waals surface area (Å²) < 4.78 is 0. The summed E-state index contributed by atoms with van der Waals surface area (Å²) in [5.74, 6) is -0.358. The quantitative estimate of drug-likeness (QED) is 0.714. The molecular formula is C18H25N3O3. The molecule has 0 atom stereocenters. The first-order chi connectivity index (χ1) is 11.6. The normalized spacial score (nSPS) is 13.9. The predicted molar refractivity (Wildman–Crippen MR) is 92.9 cm³/mol. The molecule has 3 amide bonds. The molecule has 0 saturated carbocycles. The fourth-order valence-corrected chi connectivity index (χ4v) is 2.64. The molecule has 0 unspecified atom stereocenters. The number of amides is 3. The van der Waals surface area contributed by atoms with Crippen molar-refractivity contribution in [3.63, 3.8) is 0 Å². The average Bonchev–Trinajstić information content (AvgIpc) is 3.03. The molecule has 1 heterocycles. The van der Waals surface area contributed by atoms with Crippen LogP contribution in [0.25, 0.3) is 0 Å². The second-order valence-corrected chi connectivity index (χ2v) is 5.94. The maximum absolute atomic E-state index is 12.1. The van der Waals surface area contributed by atoms with Gasteiger partial charge in [0.25, 0.3) is 5.91 Å². The number of rotatable bonds is 8. The first-order valence-corrected chi connectivity index (χ1v) is 8.57. The number of nitrogens with one attached hydrogen (secondary N) is 2. The molecule has 1 aliphatic rings. The van der Waals surface area contributed by atoms with Crippen LogP contribution in [0, 0.1) is 0 Å². The molecule has 1 aromatic rings. The summed E-state index contributed by atoms with van der Waals surface area (Å²) in [7, 11) is 0. The van der Waals surface area contributed by atoms with Crippen molar-refractivity contribution in [1.82, 2.24) is 10.6 Å². The molecule has 0 spiro atoms. The molecule has 130 valence electrons. The molecule has 1 fully saturated rings. The van der Waals surface area contributed by atoms with Crippen LogP contribution < -0.4 is 15.5 Å². The van der Waals surface area contributed by atoms with Gasteiger partial charge in [-0.3, -0.25) is 14.4 Å². The van der Waals surface area contributed by atoms with E-state index in [1.54, 1.807) is 29.2 Å². The van der Waals surface area contributed by atoms with Gasteiger partial charge in [-0.25, -0.2) is 0 Å². The highest BCUT2D eigenvalue weighted by Crippen LogP contribution is 2.21. The molecule has 0 radical (unpaired) electrons. The predicted octanol–water partition coefficient (Wildman–Crippen LogP) is 1.85. The van der Waals surface area contributed by atoms with E-state index in [1.165, 1.54) is 0 Å². The lowest BCUT2D eigenvalue weighted by Crippen LogP contribution is -2.37. The van der Waals surface area contributed by atoms with E-state index in [4.69, 9.17) is 0 Å². The molecule has 0 aromatic heterocycles. The summed E-state index contributed by atoms with van der Waals surface area (Å²) >= 11 is 0. The maximum atomic E-state index is 12.1. The topological polar surface area (TPSA) is 78.5 Å². The lowest BCUT2D eigenvalue weighted by Gasteiger charge is -2.15. The Kier molecular flexibility index (Phi) is 6.78. The Hall–Kier alpha value is -2.37. The van der Waals surface area contributed by atoms with Gasteiger partial charge in [-0.05, 0) is 37.1 Å². The van der Waals surface area contributed by atoms with Crippen molar-refractivity contribution < 1.29 is 14.4 Å². The van der Waals surface area contributed by atoms with Crippen molar-refractivity contribution in [2.24, 2.45) is 0 Å². The van der Waals surface area contributed by atoms with Crippen LogP contribution in [0.15, 0.2) is 24.3 Å². The molecule has 0 aliphatic carbocycles. The zero-order valence-electron chi connectivity index (χ0n) is 14.1. The van der Waals surface area contributed by atoms with E-state index in [2.05, 4.69) is 17.6 Å². The minimum Gasteiger partial charge on any atom is -0.355 e. The summed E-state index contributed by atoms with van der Waals surface area (Å²) in [6.07, 6.45) is 4.58. The molecule has 1 aromatic carbocycles. The van der Waals surface area contributed by atoms with Gasteiger partial charge in [-0.1, -0.05) is 19.8 Å². The average molecular weight is 331 g/mol. The summed E-state index contributed by atoms with van der Waals surface area (Å²) in [6.45, 7) is 3.44. The third-order valence-electron chi connectivity index (χ3n) is 4.03. The summed E-state index contributed by atoms with van der Waals surface area (Å²) in [6, 6.07) is 6.89. The van der Waals surface area contributed by atoms with Gasteiger partial charge < -0.3 is 15.5 Å². The Morgan fingerprint density at radius 1 is 1.12 bits per heavy atom. The number of unbranched alkanes of at least 4 members (excludes halogenated alkanes) is 2. The standard InChI is InChI=1S/C18H25N3O3/c1-2-3-4-11-19-16(22)13-20-18(24)14-7-9-15(10-8-14)21-12-5-6-17(21)23/h7-10H,2-6,11-13H2,1H3,(H,19,22)(H,20,24). The second kappa shape index (κ2) is 9.05. The number of benzene rings is 1. The zero-order valence-corrected chi connectivity index (χ0v) is 14.1. The van der Waals surface area contributed by atoms with Crippen LogP contribution in [-0.2, 0) is 9.59 Å². The summed E-state index contributed by atoms with van der Waals surface area (Å²) in [4.78, 5) is 37.1. The molecule has 2 rings (SSSR count). The maximum Gasteiger partial charge on any atom is 0.251 e. The van der Waals surface area contributed by atoms with Gasteiger partial charge in [0.15, 0.2) is 0 Å². The number of hydrogen-bond acceptors (Lipinski definition) is 3. The minimum atomic E-state index is -0.294. The number of hydrogen-bond donors (Lipinski definition) is 2. The highest BCUT2D eigenvalue weighted by Gasteiger charge is 2.21. The highest BCUT2D eigenvalue weighted by atomic mass is 16.2. The summed E-state index contributed by atoms with van der Waals surface area (Å²) in [5.41, 5.74) is 1.28. The van der Waals surface area contributed by atoms with Crippen LogP contribution in [0.3, 0.4) is 0 Å². The van der Waals surface area contributed by atoms with E-state index in [9.17, 15) is 14.4 Å². The fraction of sp³-hybridized carbons (Fsp3) is 0.500. The zero-order chi connectivity index (χ0) is 17.4. The van der Waals surface area contributed by atoms with Crippen LogP contribution in [0.4, 0.5) is 5.69 Å². The third kappa shape index (κ3) is 5.08. The van der Waals surface area contributed by atoms with Gasteiger partial charge in [0, 0.05) is 30.8 Å². The Morgan fingerprint density at radius 2 is 1.88 bits per heavy atom. The smallest absolute Gasteiger partial charge is 0.251 e. The second-order valence-electron chi connectivity index (χ2n) is 5.94. The number of carbonyl (C=O) groups excluding carboxylic acids is 3. The van der Waals surface area contributed by atoms with Crippen LogP contribution in [0.2, 0.25) is 0 Å². The van der Waals surface area contributed by atoms with Crippen molar-refractivity contribution in [1.29, 1.82) is 0 Å². The van der Waals surface area contributed by atoms with Gasteiger partial charge in [0.2, 0.25) is 11.8 Å². The molecule has 6 heteroatoms. The van der Waals surface area contributed by atoms with Gasteiger partial charge in [0.1, 0.15) is 0 Å². The van der Waals surface area contributed by atoms with Crippen molar-refractivity contribution in [2.75, 3.05) is 24.5 Å². The molecular weight excluding hydrogens is 306 g/mol. The van der Waals surface area contributed by atoms with E-state index in [0.717, 1.165) is 37.9 Å². The first kappa shape index (κ1) is 18.0. The molecule has 1 aliphatic heterocycles. The van der Waals surface area contributed by atoms with Crippen LogP contribution in [0.5, 0.6) is 0 Å². The highest BCUT2D eigenvalue weighted by molar-refractivity contribution is 5.98. The van der Waals surface area contributed by atoms with Gasteiger partial charge in [0.05, 0.1) is 6.54 Å². The van der Waals surface area contributed by atoms with Crippen LogP contribution in [-0.4, -0.2) is 37.4 Å². The molecule has 1 saturated heterocycles. The Balaban J connectivity index is 1.78. The lowest BCUT2D eigenvalue weighted by molar-refractivity contribution is -0.120. The van der Waals surface area contributed by atoms with Gasteiger partial charge >= 0.3 is 0 Å². The Bertz CT molecular complexity index is 584. The third-order valence-corrected chi connectivity index (χ3v) is 4.03. The molecule has 6 nitrogen and oxygen atoms in total. The molecule has 0 bridgehead atoms. The minimum absolute atomic E-state index is 0.0304. The van der Waals surface area contributed by atoms with E-state index in [1.807, 2.05) is 0 Å². The van der Waals surface area contributed by atoms with Gasteiger partial charge in [-0.15, -0.1) is 0 Å². The van der Waals surface area contributed by atoms with E-state index < -0.39 is 0 Å². The lowest BCUT2D eigenvalue weighted by atomic mass is 10.2. The van der Waals surface area contributed by atoms with Crippen LogP contribution >= 0.6 is 0 Å². The summed E-state index contributed by atoms with van der Waals surface area (Å²) in [5, 5.41) is 5.38. The molecule has 2 N–H and O–H groups in total. The van der Waals surface area contributed by atoms with Crippen molar-refractivity contribution in [2.45, 2.75) is 39.0 Å². The van der Waals surface area contributed by atoms with Crippen molar-refractivity contribution in [3.8, 4) is 0 Å². The number of carbonyl (C=O) groups is 3. The fourth-order valence-electron chi connectivity index (χ4n) is 2.64. The number of nitrogens with zero attached hydrogens (tertiary/aromatic N) is 1. The van der Waals surface area contributed by atoms with Crippen LogP contribution in [0.1, 0.15) is 49.4 Å². The Morgan fingerprint density at radius 3 is 2.50 bits per heavy atom. The molecule has 24 heavy (non-hydrogen) atoms. The number of anilines is 1. The Labute approximate surface area is 142 Å². The van der Waals surface area contributed by atoms with Crippen molar-refractivity contribution in [3.05, 3.63) is 29.8 Å². The first-order valence-electron chi connectivity index (χ1n) is 8.57. The van der Waals surface area contributed by atoms with E-state index in [0.29, 0.717) is 18.5 Å². The SMILES string of the molecule is CCCCCNC(=O)CNC(=O)c1ccc(N2CCCC2=O)cc1. The van der Waals surface area contributed by atoms with E-state index >= 15 is 0 Å². The van der Waals surface area contributed by atoms with E-state index in [-0.39, 0.29) is 24.3 Å². The largest absolute Gasteiger partial charge is 0.355 e. The van der Waals surface area contributed by atoms with Crippen molar-refractivity contribution >= 4 is 23.4 Å². The monoisotopic (exact) mass is 331 g/mol. The van der Waals surface area contributed by atoms with Gasteiger partial charge in [-0.2, -0.15) is 0 Å².